The highest BCUT2D eigenvalue weighted by Gasteiger charge is 2.55. The molecule has 0 radical (unpaired) electrons. The van der Waals surface area contributed by atoms with Gasteiger partial charge in [0, 0.05) is 27.2 Å². The second-order valence-electron chi connectivity index (χ2n) is 17.1. The molecule has 2 aromatic rings. The minimum absolute atomic E-state index is 0.0173. The van der Waals surface area contributed by atoms with Crippen LogP contribution in [-0.2, 0) is 66.2 Å². The van der Waals surface area contributed by atoms with E-state index in [1.54, 1.807) is 60.7 Å². The molecule has 3 aliphatic rings. The monoisotopic (exact) mass is 1120 g/mol. The fraction of sp³-hybridized carbons (Fsp3) is 0.614. The Balaban J connectivity index is 1.51. The van der Waals surface area contributed by atoms with Gasteiger partial charge in [0.05, 0.1) is 27.3 Å². The molecule has 3 heterocycles. The molecule has 0 N–H and O–H groups in total. The predicted molar refractivity (Wildman–Crippen MR) is 245 cm³/mol. The molecule has 63 heavy (non-hydrogen) atoms. The van der Waals surface area contributed by atoms with Gasteiger partial charge in [0.1, 0.15) is 47.7 Å². The highest BCUT2D eigenvalue weighted by molar-refractivity contribution is 14.1. The average Bonchev–Trinajstić information content (AvgIpc) is 3.22. The van der Waals surface area contributed by atoms with Crippen LogP contribution in [0.4, 0.5) is 0 Å². The molecule has 0 aromatic heterocycles. The van der Waals surface area contributed by atoms with Crippen molar-refractivity contribution in [1.29, 1.82) is 0 Å². The Morgan fingerprint density at radius 3 is 1.62 bits per heavy atom. The minimum Gasteiger partial charge on any atom is -0.463 e. The molecule has 0 amide bonds. The van der Waals surface area contributed by atoms with Crippen molar-refractivity contribution < 1.29 is 75.8 Å². The summed E-state index contributed by atoms with van der Waals surface area (Å²) < 4.78 is 66.7. The van der Waals surface area contributed by atoms with Gasteiger partial charge in [-0.3, -0.25) is 14.4 Å². The number of esters is 5. The number of ether oxygens (including phenoxy) is 10. The van der Waals surface area contributed by atoms with Crippen LogP contribution in [0.5, 0.6) is 0 Å². The first-order valence-electron chi connectivity index (χ1n) is 20.8. The van der Waals surface area contributed by atoms with Crippen molar-refractivity contribution in [2.75, 3.05) is 13.2 Å². The minimum atomic E-state index is -2.15. The summed E-state index contributed by atoms with van der Waals surface area (Å²) in [5, 5.41) is -0.0173. The zero-order valence-corrected chi connectivity index (χ0v) is 42.2. The van der Waals surface area contributed by atoms with Gasteiger partial charge in [-0.25, -0.2) is 9.59 Å². The van der Waals surface area contributed by atoms with E-state index in [4.69, 9.17) is 51.8 Å². The first-order valence-corrected chi connectivity index (χ1v) is 26.2. The molecule has 16 nitrogen and oxygen atoms in total. The Morgan fingerprint density at radius 2 is 1.13 bits per heavy atom. The van der Waals surface area contributed by atoms with Crippen LogP contribution >= 0.6 is 45.2 Å². The third-order valence-electron chi connectivity index (χ3n) is 11.3. The van der Waals surface area contributed by atoms with Crippen LogP contribution in [0.1, 0.15) is 82.0 Å². The predicted octanol–water partition coefficient (Wildman–Crippen LogP) is 6.87. The van der Waals surface area contributed by atoms with Crippen LogP contribution in [0.2, 0.25) is 18.1 Å². The van der Waals surface area contributed by atoms with Crippen molar-refractivity contribution in [3.05, 3.63) is 71.8 Å². The highest BCUT2D eigenvalue weighted by Crippen LogP contribution is 2.42. The molecule has 13 atom stereocenters. The van der Waals surface area contributed by atoms with Gasteiger partial charge in [0.2, 0.25) is 6.29 Å². The zero-order valence-electron chi connectivity index (χ0n) is 36.9. The summed E-state index contributed by atoms with van der Waals surface area (Å²) in [5.74, 6) is -3.29. The van der Waals surface area contributed by atoms with Crippen LogP contribution in [0.15, 0.2) is 60.7 Å². The number of hydrogen-bond donors (Lipinski definition) is 0. The number of carbonyl (C=O) groups excluding carboxylic acids is 5. The van der Waals surface area contributed by atoms with Gasteiger partial charge in [0.25, 0.3) is 0 Å². The lowest BCUT2D eigenvalue weighted by molar-refractivity contribution is -0.325. The summed E-state index contributed by atoms with van der Waals surface area (Å²) >= 11 is 4.05. The summed E-state index contributed by atoms with van der Waals surface area (Å²) in [5.41, 5.74) is 0.509. The van der Waals surface area contributed by atoms with E-state index in [1.807, 2.05) is 29.5 Å². The quantitative estimate of drug-likeness (QED) is 0.0591. The Hall–Kier alpha value is -2.77. The standard InChI is InChI=1S/C44H58I2O16Si/c1-24-30(62-63(8,9)44(5,6)7)20-21-33(54-24)58-38-34(45)43(57-31(22-52-25(2)47)36(38)59-40(50)28-16-12-10-13-17-28)61-37-32(23-53-26(3)48)56-42(55-27(4)49)35(46)39(37)60-41(51)29-18-14-11-15-19-29/h10-19,24,30-39,42-43H,20-23H2,1-9H3/t24-,30-,31+,32+,33-,34+,35+,36+,37+,38+,39+,42+,43-/m0/s1. The molecule has 0 unspecified atom stereocenters. The van der Waals surface area contributed by atoms with Gasteiger partial charge < -0.3 is 51.8 Å². The third kappa shape index (κ3) is 13.9. The molecule has 0 bridgehead atoms. The Bertz CT molecular complexity index is 1860. The van der Waals surface area contributed by atoms with Crippen molar-refractivity contribution in [2.24, 2.45) is 0 Å². The summed E-state index contributed by atoms with van der Waals surface area (Å²) in [6, 6.07) is 16.7. The van der Waals surface area contributed by atoms with Crippen molar-refractivity contribution in [1.82, 2.24) is 0 Å². The molecule has 0 saturated carbocycles. The van der Waals surface area contributed by atoms with E-state index in [2.05, 4.69) is 56.5 Å². The molecule has 5 rings (SSSR count). The molecule has 0 aliphatic carbocycles. The number of hydrogen-bond acceptors (Lipinski definition) is 16. The van der Waals surface area contributed by atoms with Crippen LogP contribution in [0.3, 0.4) is 0 Å². The molecule has 3 fully saturated rings. The number of alkyl halides is 2. The lowest BCUT2D eigenvalue weighted by Crippen LogP contribution is -2.65. The fourth-order valence-corrected chi connectivity index (χ4v) is 10.2. The highest BCUT2D eigenvalue weighted by atomic mass is 127. The average molecular weight is 1120 g/mol. The first-order chi connectivity index (χ1) is 29.6. The molecule has 19 heteroatoms. The third-order valence-corrected chi connectivity index (χ3v) is 18.4. The maximum absolute atomic E-state index is 13.8. The molecular formula is C44H58I2O16Si. The van der Waals surface area contributed by atoms with E-state index in [0.29, 0.717) is 12.8 Å². The topological polar surface area (TPSA) is 187 Å². The number of halogens is 2. The molecular weight excluding hydrogens is 1070 g/mol. The fourth-order valence-electron chi connectivity index (χ4n) is 6.97. The van der Waals surface area contributed by atoms with E-state index in [-0.39, 0.29) is 41.6 Å². The molecule has 2 aromatic carbocycles. The van der Waals surface area contributed by atoms with Crippen molar-refractivity contribution in [3.8, 4) is 0 Å². The van der Waals surface area contributed by atoms with Crippen LogP contribution in [0.25, 0.3) is 0 Å². The number of rotatable bonds is 15. The van der Waals surface area contributed by atoms with Crippen LogP contribution < -0.4 is 0 Å². The maximum Gasteiger partial charge on any atom is 0.338 e. The Morgan fingerprint density at radius 1 is 0.635 bits per heavy atom. The summed E-state index contributed by atoms with van der Waals surface area (Å²) in [6.07, 6.45) is -9.71. The zero-order chi connectivity index (χ0) is 46.2. The number of benzene rings is 2. The first kappa shape index (κ1) is 51.2. The Labute approximate surface area is 396 Å². The number of carbonyl (C=O) groups is 5. The lowest BCUT2D eigenvalue weighted by atomic mass is 9.98. The van der Waals surface area contributed by atoms with Gasteiger partial charge >= 0.3 is 29.8 Å². The molecule has 0 spiro atoms. The normalized spacial score (nSPS) is 31.3. The largest absolute Gasteiger partial charge is 0.463 e. The lowest BCUT2D eigenvalue weighted by Gasteiger charge is -2.49. The van der Waals surface area contributed by atoms with E-state index in [1.165, 1.54) is 20.8 Å². The van der Waals surface area contributed by atoms with Gasteiger partial charge in [-0.05, 0) is 55.7 Å². The van der Waals surface area contributed by atoms with Crippen LogP contribution in [0, 0.1) is 0 Å². The smallest absolute Gasteiger partial charge is 0.338 e. The van der Waals surface area contributed by atoms with Crippen molar-refractivity contribution in [3.63, 3.8) is 0 Å². The second-order valence-corrected chi connectivity index (χ2v) is 24.8. The summed E-state index contributed by atoms with van der Waals surface area (Å²) in [4.78, 5) is 64.1. The van der Waals surface area contributed by atoms with Gasteiger partial charge in [0.15, 0.2) is 27.0 Å². The van der Waals surface area contributed by atoms with Gasteiger partial charge in [-0.15, -0.1) is 0 Å². The van der Waals surface area contributed by atoms with Gasteiger partial charge in [-0.2, -0.15) is 0 Å². The summed E-state index contributed by atoms with van der Waals surface area (Å²) in [6.45, 7) is 15.8. The summed E-state index contributed by atoms with van der Waals surface area (Å²) in [7, 11) is -2.15. The molecule has 348 valence electrons. The Kier molecular flexibility index (Phi) is 18.4. The van der Waals surface area contributed by atoms with Crippen molar-refractivity contribution >= 4 is 83.3 Å². The van der Waals surface area contributed by atoms with Crippen LogP contribution in [-0.4, -0.2) is 127 Å². The van der Waals surface area contributed by atoms with E-state index < -0.39 is 102 Å². The van der Waals surface area contributed by atoms with E-state index in [0.717, 1.165) is 0 Å². The van der Waals surface area contributed by atoms with Crippen molar-refractivity contribution in [2.45, 2.75) is 155 Å². The second kappa shape index (κ2) is 22.6. The van der Waals surface area contributed by atoms with E-state index >= 15 is 0 Å². The molecule has 3 saturated heterocycles. The SMILES string of the molecule is CC(=O)OC[C@H]1O[C@@H](O[C@H]2[C@H](OC(=O)c3ccccc3)[C@@H](I)[C@H](OC(C)=O)O[C@@H]2COC(C)=O)[C@H](I)[C@@H](O[C@H]2CC[C@H](O[Si](C)(C)C(C)(C)C)[C@H](C)O2)[C@@H]1OC(=O)c1ccccc1. The molecule has 3 aliphatic heterocycles. The van der Waals surface area contributed by atoms with Gasteiger partial charge in [-0.1, -0.05) is 102 Å². The van der Waals surface area contributed by atoms with E-state index in [9.17, 15) is 24.0 Å². The maximum atomic E-state index is 13.8.